The lowest BCUT2D eigenvalue weighted by atomic mass is 9.76. The maximum Gasteiger partial charge on any atom is 0.229 e. The van der Waals surface area contributed by atoms with Gasteiger partial charge in [0.05, 0.1) is 18.9 Å². The van der Waals surface area contributed by atoms with E-state index in [9.17, 15) is 9.59 Å². The van der Waals surface area contributed by atoms with Gasteiger partial charge in [-0.05, 0) is 79.2 Å². The lowest BCUT2D eigenvalue weighted by molar-refractivity contribution is -0.139. The molecular weight excluding hydrogens is 590 g/mol. The number of benzene rings is 3. The van der Waals surface area contributed by atoms with Crippen molar-refractivity contribution in [3.8, 4) is 5.75 Å². The second kappa shape index (κ2) is 12.6. The molecule has 3 aliphatic rings. The number of rotatable bonds is 8. The van der Waals surface area contributed by atoms with Crippen LogP contribution in [-0.4, -0.2) is 72.9 Å². The summed E-state index contributed by atoms with van der Waals surface area (Å²) in [6, 6.07) is 26.8. The molecule has 0 radical (unpaired) electrons. The van der Waals surface area contributed by atoms with Gasteiger partial charge in [0.1, 0.15) is 5.75 Å². The van der Waals surface area contributed by atoms with Crippen molar-refractivity contribution in [3.63, 3.8) is 0 Å². The molecule has 1 spiro atoms. The van der Waals surface area contributed by atoms with Gasteiger partial charge in [-0.1, -0.05) is 70.5 Å². The summed E-state index contributed by atoms with van der Waals surface area (Å²) in [6.07, 6.45) is 3.18. The highest BCUT2D eigenvalue weighted by atomic mass is 79.9. The summed E-state index contributed by atoms with van der Waals surface area (Å²) in [4.78, 5) is 33.7. The summed E-state index contributed by atoms with van der Waals surface area (Å²) in [5.74, 6) is 1.96. The fourth-order valence-corrected chi connectivity index (χ4v) is 7.48. The molecule has 42 heavy (non-hydrogen) atoms. The van der Waals surface area contributed by atoms with E-state index >= 15 is 0 Å². The molecule has 3 aliphatic heterocycles. The third-order valence-electron chi connectivity index (χ3n) is 9.70. The molecule has 2 atom stereocenters. The van der Waals surface area contributed by atoms with Gasteiger partial charge < -0.3 is 19.4 Å². The Hall–Kier alpha value is -3.16. The third kappa shape index (κ3) is 6.28. The van der Waals surface area contributed by atoms with Crippen LogP contribution in [0.2, 0.25) is 0 Å². The van der Waals surface area contributed by atoms with E-state index in [0.29, 0.717) is 30.7 Å². The molecule has 3 fully saturated rings. The van der Waals surface area contributed by atoms with Gasteiger partial charge >= 0.3 is 0 Å². The Kier molecular flexibility index (Phi) is 8.68. The first-order valence-electron chi connectivity index (χ1n) is 15.1. The molecule has 3 heterocycles. The monoisotopic (exact) mass is 629 g/mol. The molecule has 6 rings (SSSR count). The number of carbonyl (C=O) groups excluding carboxylic acids is 2. The van der Waals surface area contributed by atoms with Crippen LogP contribution in [-0.2, 0) is 22.6 Å². The Bertz CT molecular complexity index is 1390. The topological polar surface area (TPSA) is 53.1 Å². The second-order valence-corrected chi connectivity index (χ2v) is 13.2. The van der Waals surface area contributed by atoms with Crippen LogP contribution >= 0.6 is 15.9 Å². The van der Waals surface area contributed by atoms with Crippen molar-refractivity contribution in [3.05, 3.63) is 100 Å². The standard InChI is InChI=1S/C35H40BrN3O3/c1-42-31-9-5-6-27(20-31)21-33(40)39-24-29(32(25-39)28-7-3-2-4-8-28)23-37-17-14-35(15-18-37)16-19-38(34(35)41)22-26-10-12-30(36)13-11-26/h2-13,20,29,32H,14-19,21-25H2,1H3/t29-,32+/m0/s1. The van der Waals surface area contributed by atoms with Gasteiger partial charge in [0.15, 0.2) is 0 Å². The van der Waals surface area contributed by atoms with Crippen molar-refractivity contribution in [2.24, 2.45) is 11.3 Å². The van der Waals surface area contributed by atoms with Crippen molar-refractivity contribution < 1.29 is 14.3 Å². The van der Waals surface area contributed by atoms with Crippen LogP contribution in [0.3, 0.4) is 0 Å². The average molecular weight is 631 g/mol. The number of methoxy groups -OCH3 is 1. The minimum absolute atomic E-state index is 0.173. The number of likely N-dealkylation sites (tertiary alicyclic amines) is 3. The SMILES string of the molecule is COc1cccc(CC(=O)N2C[C@H](CN3CCC4(CC3)CCN(Cc3ccc(Br)cc3)C4=O)[C@@H](c3ccccc3)C2)c1. The van der Waals surface area contributed by atoms with Crippen molar-refractivity contribution in [1.82, 2.24) is 14.7 Å². The molecule has 2 amide bonds. The quantitative estimate of drug-likeness (QED) is 0.318. The average Bonchev–Trinajstić information content (AvgIpc) is 3.57. The molecule has 0 N–H and O–H groups in total. The number of piperidine rings is 1. The van der Waals surface area contributed by atoms with E-state index in [4.69, 9.17) is 4.74 Å². The molecule has 3 aromatic rings. The Morgan fingerprint density at radius 1 is 0.905 bits per heavy atom. The Morgan fingerprint density at radius 3 is 2.38 bits per heavy atom. The number of carbonyl (C=O) groups is 2. The molecule has 3 saturated heterocycles. The molecule has 6 nitrogen and oxygen atoms in total. The first-order valence-corrected chi connectivity index (χ1v) is 15.9. The summed E-state index contributed by atoms with van der Waals surface area (Å²) in [5, 5.41) is 0. The van der Waals surface area contributed by atoms with Crippen LogP contribution in [0.5, 0.6) is 5.75 Å². The molecule has 0 unspecified atom stereocenters. The predicted molar refractivity (Wildman–Crippen MR) is 168 cm³/mol. The third-order valence-corrected chi connectivity index (χ3v) is 10.2. The first kappa shape index (κ1) is 28.9. The number of hydrogen-bond acceptors (Lipinski definition) is 4. The lowest BCUT2D eigenvalue weighted by Crippen LogP contribution is -2.46. The van der Waals surface area contributed by atoms with E-state index < -0.39 is 0 Å². The lowest BCUT2D eigenvalue weighted by Gasteiger charge is -2.39. The largest absolute Gasteiger partial charge is 0.497 e. The Balaban J connectivity index is 1.08. The summed E-state index contributed by atoms with van der Waals surface area (Å²) >= 11 is 3.50. The van der Waals surface area contributed by atoms with E-state index in [-0.39, 0.29) is 11.3 Å². The maximum absolute atomic E-state index is 13.6. The number of nitrogens with zero attached hydrogens (tertiary/aromatic N) is 3. The van der Waals surface area contributed by atoms with E-state index in [1.165, 1.54) is 11.1 Å². The van der Waals surface area contributed by atoms with Crippen LogP contribution < -0.4 is 4.74 Å². The fourth-order valence-electron chi connectivity index (χ4n) is 7.22. The first-order chi connectivity index (χ1) is 20.4. The van der Waals surface area contributed by atoms with Gasteiger partial charge in [-0.3, -0.25) is 9.59 Å². The van der Waals surface area contributed by atoms with E-state index in [2.05, 4.69) is 73.1 Å². The zero-order valence-electron chi connectivity index (χ0n) is 24.4. The molecule has 3 aromatic carbocycles. The van der Waals surface area contributed by atoms with Gasteiger partial charge in [-0.15, -0.1) is 0 Å². The highest BCUT2D eigenvalue weighted by Crippen LogP contribution is 2.43. The van der Waals surface area contributed by atoms with Crippen molar-refractivity contribution in [2.45, 2.75) is 38.1 Å². The normalized spacial score (nSPS) is 22.2. The second-order valence-electron chi connectivity index (χ2n) is 12.3. The van der Waals surface area contributed by atoms with Crippen molar-refractivity contribution >= 4 is 27.7 Å². The molecule has 0 aliphatic carbocycles. The Labute approximate surface area is 257 Å². The zero-order chi connectivity index (χ0) is 29.1. The molecule has 0 saturated carbocycles. The summed E-state index contributed by atoms with van der Waals surface area (Å²) in [7, 11) is 1.65. The number of ether oxygens (including phenoxy) is 1. The van der Waals surface area contributed by atoms with Gasteiger partial charge in [0.2, 0.25) is 11.8 Å². The molecular formula is C35H40BrN3O3. The number of halogens is 1. The zero-order valence-corrected chi connectivity index (χ0v) is 26.0. The van der Waals surface area contributed by atoms with Gasteiger partial charge in [-0.2, -0.15) is 0 Å². The van der Waals surface area contributed by atoms with Gasteiger partial charge in [-0.25, -0.2) is 0 Å². The summed E-state index contributed by atoms with van der Waals surface area (Å²) in [5.41, 5.74) is 3.26. The number of amides is 2. The van der Waals surface area contributed by atoms with Gasteiger partial charge in [0, 0.05) is 43.1 Å². The van der Waals surface area contributed by atoms with Crippen LogP contribution in [0.15, 0.2) is 83.3 Å². The van der Waals surface area contributed by atoms with E-state index in [0.717, 1.165) is 74.3 Å². The molecule has 0 bridgehead atoms. The van der Waals surface area contributed by atoms with Crippen LogP contribution in [0.25, 0.3) is 0 Å². The minimum Gasteiger partial charge on any atom is -0.497 e. The highest BCUT2D eigenvalue weighted by Gasteiger charge is 2.48. The fraction of sp³-hybridized carbons (Fsp3) is 0.429. The van der Waals surface area contributed by atoms with Crippen molar-refractivity contribution in [2.75, 3.05) is 46.4 Å². The van der Waals surface area contributed by atoms with Crippen LogP contribution in [0.1, 0.15) is 41.9 Å². The minimum atomic E-state index is -0.209. The molecule has 220 valence electrons. The van der Waals surface area contributed by atoms with E-state index in [1.807, 2.05) is 36.4 Å². The smallest absolute Gasteiger partial charge is 0.229 e. The molecule has 0 aromatic heterocycles. The summed E-state index contributed by atoms with van der Waals surface area (Å²) < 4.78 is 6.42. The number of hydrogen-bond donors (Lipinski definition) is 0. The van der Waals surface area contributed by atoms with Crippen LogP contribution in [0.4, 0.5) is 0 Å². The van der Waals surface area contributed by atoms with Crippen LogP contribution in [0, 0.1) is 11.3 Å². The summed E-state index contributed by atoms with van der Waals surface area (Å²) in [6.45, 7) is 5.88. The van der Waals surface area contributed by atoms with Crippen molar-refractivity contribution in [1.29, 1.82) is 0 Å². The predicted octanol–water partition coefficient (Wildman–Crippen LogP) is 5.76. The molecule has 7 heteroatoms. The Morgan fingerprint density at radius 2 is 1.64 bits per heavy atom. The van der Waals surface area contributed by atoms with Gasteiger partial charge in [0.25, 0.3) is 0 Å². The van der Waals surface area contributed by atoms with E-state index in [1.54, 1.807) is 7.11 Å². The highest BCUT2D eigenvalue weighted by molar-refractivity contribution is 9.10. The maximum atomic E-state index is 13.6.